The minimum Gasteiger partial charge on any atom is -0.450 e. The zero-order chi connectivity index (χ0) is 12.8. The lowest BCUT2D eigenvalue weighted by Crippen LogP contribution is -2.52. The van der Waals surface area contributed by atoms with Gasteiger partial charge in [-0.3, -0.25) is 4.79 Å². The number of amides is 2. The van der Waals surface area contributed by atoms with Crippen LogP contribution in [0.1, 0.15) is 20.3 Å². The van der Waals surface area contributed by atoms with Crippen LogP contribution in [0.25, 0.3) is 0 Å². The fourth-order valence-corrected chi connectivity index (χ4v) is 1.99. The number of piperazine rings is 1. The topological polar surface area (TPSA) is 49.9 Å². The second-order valence-electron chi connectivity index (χ2n) is 3.89. The minimum atomic E-state index is -0.287. The highest BCUT2D eigenvalue weighted by Gasteiger charge is 2.27. The van der Waals surface area contributed by atoms with Crippen molar-refractivity contribution in [2.75, 3.05) is 32.8 Å². The van der Waals surface area contributed by atoms with E-state index in [-0.39, 0.29) is 16.8 Å². The molecule has 0 aromatic carbocycles. The van der Waals surface area contributed by atoms with E-state index in [2.05, 4.69) is 15.9 Å². The Morgan fingerprint density at radius 2 is 1.71 bits per heavy atom. The smallest absolute Gasteiger partial charge is 0.409 e. The zero-order valence-electron chi connectivity index (χ0n) is 10.3. The van der Waals surface area contributed by atoms with E-state index < -0.39 is 0 Å². The van der Waals surface area contributed by atoms with Crippen molar-refractivity contribution in [3.8, 4) is 0 Å². The van der Waals surface area contributed by atoms with Crippen LogP contribution < -0.4 is 0 Å². The molecule has 98 valence electrons. The summed E-state index contributed by atoms with van der Waals surface area (Å²) in [5.41, 5.74) is 0. The van der Waals surface area contributed by atoms with Gasteiger partial charge in [-0.2, -0.15) is 0 Å². The fourth-order valence-electron chi connectivity index (χ4n) is 1.70. The average Bonchev–Trinajstić information content (AvgIpc) is 2.37. The maximum atomic E-state index is 11.9. The molecule has 0 aliphatic carbocycles. The third kappa shape index (κ3) is 3.87. The van der Waals surface area contributed by atoms with Crippen molar-refractivity contribution in [3.63, 3.8) is 0 Å². The van der Waals surface area contributed by atoms with Crippen molar-refractivity contribution in [2.45, 2.75) is 25.1 Å². The van der Waals surface area contributed by atoms with Crippen LogP contribution in [-0.4, -0.2) is 59.4 Å². The van der Waals surface area contributed by atoms with Crippen molar-refractivity contribution >= 4 is 27.9 Å². The Bertz CT molecular complexity index is 278. The average molecular weight is 307 g/mol. The van der Waals surface area contributed by atoms with Crippen LogP contribution in [0.4, 0.5) is 4.79 Å². The number of rotatable bonds is 3. The lowest BCUT2D eigenvalue weighted by atomic mass is 10.2. The molecule has 1 unspecified atom stereocenters. The van der Waals surface area contributed by atoms with Gasteiger partial charge in [-0.15, -0.1) is 0 Å². The van der Waals surface area contributed by atoms with Crippen LogP contribution in [0.15, 0.2) is 0 Å². The summed E-state index contributed by atoms with van der Waals surface area (Å²) in [7, 11) is 0. The van der Waals surface area contributed by atoms with E-state index in [1.165, 1.54) is 0 Å². The van der Waals surface area contributed by atoms with E-state index in [9.17, 15) is 9.59 Å². The monoisotopic (exact) mass is 306 g/mol. The molecule has 1 aliphatic rings. The molecule has 0 bridgehead atoms. The number of alkyl halides is 1. The van der Waals surface area contributed by atoms with Crippen LogP contribution in [0.5, 0.6) is 0 Å². The molecule has 0 aromatic rings. The molecule has 2 amide bonds. The molecule has 5 nitrogen and oxygen atoms in total. The summed E-state index contributed by atoms with van der Waals surface area (Å²) in [5, 5.41) is 0. The van der Waals surface area contributed by atoms with Crippen molar-refractivity contribution in [1.82, 2.24) is 9.80 Å². The highest BCUT2D eigenvalue weighted by Crippen LogP contribution is 2.12. The molecule has 0 saturated carbocycles. The molecular weight excluding hydrogens is 288 g/mol. The quantitative estimate of drug-likeness (QED) is 0.742. The van der Waals surface area contributed by atoms with Crippen LogP contribution in [0.2, 0.25) is 0 Å². The van der Waals surface area contributed by atoms with Crippen LogP contribution in [0, 0.1) is 0 Å². The Hall–Kier alpha value is -0.780. The molecule has 6 heteroatoms. The van der Waals surface area contributed by atoms with E-state index in [0.29, 0.717) is 32.8 Å². The second-order valence-corrected chi connectivity index (χ2v) is 4.99. The summed E-state index contributed by atoms with van der Waals surface area (Å²) in [5.74, 6) is 0.107. The van der Waals surface area contributed by atoms with E-state index in [1.54, 1.807) is 16.7 Å². The van der Waals surface area contributed by atoms with Gasteiger partial charge in [-0.25, -0.2) is 4.79 Å². The lowest BCUT2D eigenvalue weighted by molar-refractivity contribution is -0.132. The van der Waals surface area contributed by atoms with E-state index in [1.807, 2.05) is 6.92 Å². The Kier molecular flexibility index (Phi) is 5.74. The van der Waals surface area contributed by atoms with E-state index >= 15 is 0 Å². The van der Waals surface area contributed by atoms with Gasteiger partial charge in [0.2, 0.25) is 5.91 Å². The molecular formula is C11H19BrN2O3. The van der Waals surface area contributed by atoms with Crippen molar-refractivity contribution < 1.29 is 14.3 Å². The van der Waals surface area contributed by atoms with Crippen LogP contribution in [0.3, 0.4) is 0 Å². The highest BCUT2D eigenvalue weighted by atomic mass is 79.9. The summed E-state index contributed by atoms with van der Waals surface area (Å²) in [4.78, 5) is 26.6. The number of carbonyl (C=O) groups excluding carboxylic acids is 2. The van der Waals surface area contributed by atoms with Gasteiger partial charge in [-0.05, 0) is 13.3 Å². The summed E-state index contributed by atoms with van der Waals surface area (Å²) >= 11 is 3.35. The summed E-state index contributed by atoms with van der Waals surface area (Å²) < 4.78 is 4.92. The third-order valence-electron chi connectivity index (χ3n) is 2.74. The Labute approximate surface area is 110 Å². The first-order valence-electron chi connectivity index (χ1n) is 5.94. The van der Waals surface area contributed by atoms with Crippen LogP contribution in [-0.2, 0) is 9.53 Å². The molecule has 1 fully saturated rings. The van der Waals surface area contributed by atoms with Crippen LogP contribution >= 0.6 is 15.9 Å². The highest BCUT2D eigenvalue weighted by molar-refractivity contribution is 9.10. The van der Waals surface area contributed by atoms with Gasteiger partial charge < -0.3 is 14.5 Å². The molecule has 0 spiro atoms. The summed E-state index contributed by atoms with van der Waals surface area (Å²) in [6.07, 6.45) is 0.488. The first-order valence-corrected chi connectivity index (χ1v) is 6.86. The number of ether oxygens (including phenoxy) is 1. The molecule has 1 heterocycles. The maximum absolute atomic E-state index is 11.9. The largest absolute Gasteiger partial charge is 0.450 e. The summed E-state index contributed by atoms with van der Waals surface area (Å²) in [6.45, 7) is 6.40. The predicted octanol–water partition coefficient (Wildman–Crippen LogP) is 1.46. The SMILES string of the molecule is CCOC(=O)N1CCN(C(=O)C(Br)CC)CC1. The van der Waals surface area contributed by atoms with E-state index in [4.69, 9.17) is 4.74 Å². The molecule has 1 rings (SSSR count). The van der Waals surface area contributed by atoms with Crippen molar-refractivity contribution in [1.29, 1.82) is 0 Å². The minimum absolute atomic E-state index is 0.107. The lowest BCUT2D eigenvalue weighted by Gasteiger charge is -2.34. The van der Waals surface area contributed by atoms with Gasteiger partial charge >= 0.3 is 6.09 Å². The van der Waals surface area contributed by atoms with Gasteiger partial charge in [-0.1, -0.05) is 22.9 Å². The first kappa shape index (κ1) is 14.3. The summed E-state index contributed by atoms with van der Waals surface area (Å²) in [6, 6.07) is 0. The van der Waals surface area contributed by atoms with Gasteiger partial charge in [0.05, 0.1) is 11.4 Å². The van der Waals surface area contributed by atoms with Gasteiger partial charge in [0.15, 0.2) is 0 Å². The van der Waals surface area contributed by atoms with Gasteiger partial charge in [0.1, 0.15) is 0 Å². The Balaban J connectivity index is 2.40. The van der Waals surface area contributed by atoms with E-state index in [0.717, 1.165) is 6.42 Å². The molecule has 17 heavy (non-hydrogen) atoms. The molecule has 0 radical (unpaired) electrons. The van der Waals surface area contributed by atoms with Gasteiger partial charge in [0, 0.05) is 26.2 Å². The van der Waals surface area contributed by atoms with Crippen molar-refractivity contribution in [2.24, 2.45) is 0 Å². The van der Waals surface area contributed by atoms with Crippen molar-refractivity contribution in [3.05, 3.63) is 0 Å². The fraction of sp³-hybridized carbons (Fsp3) is 0.818. The second kappa shape index (κ2) is 6.83. The molecule has 0 aromatic heterocycles. The zero-order valence-corrected chi connectivity index (χ0v) is 11.9. The number of nitrogens with zero attached hydrogens (tertiary/aromatic N) is 2. The third-order valence-corrected chi connectivity index (χ3v) is 3.78. The maximum Gasteiger partial charge on any atom is 0.409 e. The molecule has 1 atom stereocenters. The van der Waals surface area contributed by atoms with Gasteiger partial charge in [0.25, 0.3) is 0 Å². The standard InChI is InChI=1S/C11H19BrN2O3/c1-3-9(12)10(15)13-5-7-14(8-6-13)11(16)17-4-2/h9H,3-8H2,1-2H3. The Morgan fingerprint density at radius 1 is 1.18 bits per heavy atom. The first-order chi connectivity index (χ1) is 8.10. The number of halogens is 1. The molecule has 0 N–H and O–H groups in total. The Morgan fingerprint density at radius 3 is 2.18 bits per heavy atom. The normalized spacial score (nSPS) is 17.8. The number of carbonyl (C=O) groups is 2. The molecule has 1 aliphatic heterocycles. The number of hydrogen-bond acceptors (Lipinski definition) is 3. The molecule has 1 saturated heterocycles. The number of hydrogen-bond donors (Lipinski definition) is 0. The predicted molar refractivity (Wildman–Crippen MR) is 68.2 cm³/mol.